The van der Waals surface area contributed by atoms with Gasteiger partial charge in [-0.1, -0.05) is 6.07 Å². The largest absolute Gasteiger partial charge is 0.475 e. The van der Waals surface area contributed by atoms with Crippen LogP contribution in [-0.2, 0) is 0 Å². The van der Waals surface area contributed by atoms with Crippen LogP contribution in [0.25, 0.3) is 0 Å². The number of rotatable bonds is 3. The van der Waals surface area contributed by atoms with Crippen LogP contribution >= 0.6 is 0 Å². The molecule has 94 valence electrons. The first kappa shape index (κ1) is 12.4. The minimum absolute atomic E-state index is 0.185. The van der Waals surface area contributed by atoms with Crippen molar-refractivity contribution >= 4 is 0 Å². The number of piperidine rings is 1. The second kappa shape index (κ2) is 5.50. The van der Waals surface area contributed by atoms with Crippen LogP contribution in [0.5, 0.6) is 5.88 Å². The van der Waals surface area contributed by atoms with Crippen molar-refractivity contribution in [1.82, 2.24) is 10.3 Å². The minimum atomic E-state index is 0.185. The third-order valence-electron chi connectivity index (χ3n) is 3.16. The van der Waals surface area contributed by atoms with Gasteiger partial charge in [0.2, 0.25) is 5.88 Å². The summed E-state index contributed by atoms with van der Waals surface area (Å²) in [5.74, 6) is 1.44. The highest BCUT2D eigenvalue weighted by Crippen LogP contribution is 2.31. The van der Waals surface area contributed by atoms with E-state index in [0.29, 0.717) is 5.92 Å². The monoisotopic (exact) mass is 234 g/mol. The van der Waals surface area contributed by atoms with Crippen molar-refractivity contribution in [2.24, 2.45) is 0 Å². The Morgan fingerprint density at radius 3 is 2.65 bits per heavy atom. The minimum Gasteiger partial charge on any atom is -0.475 e. The molecule has 0 radical (unpaired) electrons. The molecule has 0 aliphatic carbocycles. The van der Waals surface area contributed by atoms with E-state index < -0.39 is 0 Å². The molecule has 0 amide bonds. The lowest BCUT2D eigenvalue weighted by atomic mass is 9.91. The molecular formula is C14H22N2O. The van der Waals surface area contributed by atoms with E-state index in [1.807, 2.05) is 6.92 Å². The zero-order valence-corrected chi connectivity index (χ0v) is 11.0. The predicted molar refractivity (Wildman–Crippen MR) is 69.6 cm³/mol. The second-order valence-corrected chi connectivity index (χ2v) is 5.04. The van der Waals surface area contributed by atoms with Gasteiger partial charge in [-0.05, 0) is 58.7 Å². The van der Waals surface area contributed by atoms with Gasteiger partial charge in [0.25, 0.3) is 0 Å². The molecule has 0 atom stereocenters. The fourth-order valence-electron chi connectivity index (χ4n) is 2.30. The molecule has 3 nitrogen and oxygen atoms in total. The number of hydrogen-bond acceptors (Lipinski definition) is 3. The number of ether oxygens (including phenoxy) is 1. The van der Waals surface area contributed by atoms with Gasteiger partial charge >= 0.3 is 0 Å². The van der Waals surface area contributed by atoms with Crippen LogP contribution in [-0.4, -0.2) is 24.2 Å². The lowest BCUT2D eigenvalue weighted by molar-refractivity contribution is 0.227. The fraction of sp³-hybridized carbons (Fsp3) is 0.643. The molecular weight excluding hydrogens is 212 g/mol. The molecule has 0 bridgehead atoms. The average molecular weight is 234 g/mol. The van der Waals surface area contributed by atoms with Crippen molar-refractivity contribution in [2.75, 3.05) is 13.1 Å². The topological polar surface area (TPSA) is 34.1 Å². The van der Waals surface area contributed by atoms with Gasteiger partial charge < -0.3 is 10.1 Å². The summed E-state index contributed by atoms with van der Waals surface area (Å²) in [5, 5.41) is 3.39. The molecule has 1 fully saturated rings. The van der Waals surface area contributed by atoms with Crippen LogP contribution in [0.4, 0.5) is 0 Å². The maximum absolute atomic E-state index is 5.85. The van der Waals surface area contributed by atoms with E-state index in [-0.39, 0.29) is 6.10 Å². The summed E-state index contributed by atoms with van der Waals surface area (Å²) in [6, 6.07) is 4.28. The van der Waals surface area contributed by atoms with Gasteiger partial charge in [-0.3, -0.25) is 0 Å². The molecule has 3 heteroatoms. The highest BCUT2D eigenvalue weighted by Gasteiger charge is 2.20. The average Bonchev–Trinajstić information content (AvgIpc) is 2.29. The van der Waals surface area contributed by atoms with Crippen LogP contribution in [0.2, 0.25) is 0 Å². The summed E-state index contributed by atoms with van der Waals surface area (Å²) in [4.78, 5) is 4.55. The summed E-state index contributed by atoms with van der Waals surface area (Å²) in [6.07, 6.45) is 2.54. The second-order valence-electron chi connectivity index (χ2n) is 5.04. The third-order valence-corrected chi connectivity index (χ3v) is 3.16. The molecule has 1 aliphatic rings. The quantitative estimate of drug-likeness (QED) is 0.873. The fourth-order valence-corrected chi connectivity index (χ4v) is 2.30. The molecule has 2 heterocycles. The van der Waals surface area contributed by atoms with Crippen LogP contribution in [0.15, 0.2) is 12.1 Å². The molecule has 0 spiro atoms. The van der Waals surface area contributed by atoms with E-state index in [1.165, 1.54) is 18.4 Å². The van der Waals surface area contributed by atoms with Gasteiger partial charge in [0.05, 0.1) is 6.10 Å². The van der Waals surface area contributed by atoms with Crippen molar-refractivity contribution < 1.29 is 4.74 Å². The Morgan fingerprint density at radius 2 is 2.00 bits per heavy atom. The Bertz CT molecular complexity index is 370. The molecule has 1 aromatic rings. The van der Waals surface area contributed by atoms with Gasteiger partial charge in [0.15, 0.2) is 0 Å². The number of nitrogens with one attached hydrogen (secondary N) is 1. The van der Waals surface area contributed by atoms with Crippen molar-refractivity contribution in [1.29, 1.82) is 0 Å². The normalized spacial score (nSPS) is 17.4. The van der Waals surface area contributed by atoms with E-state index in [1.54, 1.807) is 0 Å². The predicted octanol–water partition coefficient (Wildman–Crippen LogP) is 2.64. The Labute approximate surface area is 104 Å². The van der Waals surface area contributed by atoms with E-state index in [4.69, 9.17) is 4.74 Å². The Balaban J connectivity index is 2.24. The highest BCUT2D eigenvalue weighted by molar-refractivity contribution is 5.32. The van der Waals surface area contributed by atoms with Crippen molar-refractivity contribution in [3.63, 3.8) is 0 Å². The first-order valence-corrected chi connectivity index (χ1v) is 6.51. The van der Waals surface area contributed by atoms with E-state index in [0.717, 1.165) is 24.7 Å². The van der Waals surface area contributed by atoms with E-state index >= 15 is 0 Å². The lowest BCUT2D eigenvalue weighted by Crippen LogP contribution is -2.27. The summed E-state index contributed by atoms with van der Waals surface area (Å²) >= 11 is 0. The standard InChI is InChI=1S/C14H22N2O/c1-10(2)17-14-13(5-4-11(3)16-14)12-6-8-15-9-7-12/h4-5,10,12,15H,6-9H2,1-3H3. The molecule has 0 unspecified atom stereocenters. The van der Waals surface area contributed by atoms with Crippen LogP contribution < -0.4 is 10.1 Å². The highest BCUT2D eigenvalue weighted by atomic mass is 16.5. The number of aromatic nitrogens is 1. The van der Waals surface area contributed by atoms with Crippen LogP contribution in [0.1, 0.15) is 43.9 Å². The van der Waals surface area contributed by atoms with Gasteiger partial charge in [-0.15, -0.1) is 0 Å². The first-order chi connectivity index (χ1) is 8.16. The molecule has 1 saturated heterocycles. The lowest BCUT2D eigenvalue weighted by Gasteiger charge is -2.25. The maximum Gasteiger partial charge on any atom is 0.217 e. The van der Waals surface area contributed by atoms with Gasteiger partial charge in [-0.25, -0.2) is 4.98 Å². The number of nitrogens with zero attached hydrogens (tertiary/aromatic N) is 1. The zero-order valence-electron chi connectivity index (χ0n) is 11.0. The van der Waals surface area contributed by atoms with E-state index in [2.05, 4.69) is 36.3 Å². The van der Waals surface area contributed by atoms with Gasteiger partial charge in [-0.2, -0.15) is 0 Å². The van der Waals surface area contributed by atoms with Crippen LogP contribution in [0.3, 0.4) is 0 Å². The van der Waals surface area contributed by atoms with Crippen molar-refractivity contribution in [3.05, 3.63) is 23.4 Å². The summed E-state index contributed by atoms with van der Waals surface area (Å²) in [5.41, 5.74) is 2.31. The van der Waals surface area contributed by atoms with Gasteiger partial charge in [0, 0.05) is 11.3 Å². The molecule has 17 heavy (non-hydrogen) atoms. The first-order valence-electron chi connectivity index (χ1n) is 6.51. The smallest absolute Gasteiger partial charge is 0.217 e. The Hall–Kier alpha value is -1.09. The van der Waals surface area contributed by atoms with Crippen molar-refractivity contribution in [3.8, 4) is 5.88 Å². The van der Waals surface area contributed by atoms with E-state index in [9.17, 15) is 0 Å². The third kappa shape index (κ3) is 3.19. The number of hydrogen-bond donors (Lipinski definition) is 1. The summed E-state index contributed by atoms with van der Waals surface area (Å²) in [6.45, 7) is 8.31. The Kier molecular flexibility index (Phi) is 4.00. The van der Waals surface area contributed by atoms with Gasteiger partial charge in [0.1, 0.15) is 0 Å². The molecule has 1 N–H and O–H groups in total. The van der Waals surface area contributed by atoms with Crippen LogP contribution in [0, 0.1) is 6.92 Å². The number of aryl methyl sites for hydroxylation is 1. The zero-order chi connectivity index (χ0) is 12.3. The number of pyridine rings is 1. The molecule has 0 aromatic carbocycles. The van der Waals surface area contributed by atoms with Crippen molar-refractivity contribution in [2.45, 2.75) is 45.6 Å². The molecule has 2 rings (SSSR count). The summed E-state index contributed by atoms with van der Waals surface area (Å²) in [7, 11) is 0. The molecule has 1 aromatic heterocycles. The summed E-state index contributed by atoms with van der Waals surface area (Å²) < 4.78 is 5.85. The maximum atomic E-state index is 5.85. The molecule has 0 saturated carbocycles. The SMILES string of the molecule is Cc1ccc(C2CCNCC2)c(OC(C)C)n1. The Morgan fingerprint density at radius 1 is 1.29 bits per heavy atom. The molecule has 1 aliphatic heterocycles.